The van der Waals surface area contributed by atoms with Gasteiger partial charge in [0.25, 0.3) is 5.91 Å². The predicted octanol–water partition coefficient (Wildman–Crippen LogP) is 3.73. The van der Waals surface area contributed by atoms with Gasteiger partial charge >= 0.3 is 0 Å². The lowest BCUT2D eigenvalue weighted by atomic mass is 9.77. The van der Waals surface area contributed by atoms with Crippen molar-refractivity contribution >= 4 is 29.2 Å². The third-order valence-corrected chi connectivity index (χ3v) is 5.79. The van der Waals surface area contributed by atoms with Crippen molar-refractivity contribution in [3.8, 4) is 0 Å². The fourth-order valence-corrected chi connectivity index (χ4v) is 3.97. The van der Waals surface area contributed by atoms with Crippen molar-refractivity contribution < 1.29 is 14.0 Å². The van der Waals surface area contributed by atoms with E-state index in [0.29, 0.717) is 6.54 Å². The summed E-state index contributed by atoms with van der Waals surface area (Å²) in [6.07, 6.45) is 4.10. The molecule has 4 rings (SSSR count). The molecule has 28 heavy (non-hydrogen) atoms. The van der Waals surface area contributed by atoms with Crippen LogP contribution in [0.25, 0.3) is 0 Å². The number of rotatable bonds is 4. The van der Waals surface area contributed by atoms with Gasteiger partial charge in [-0.1, -0.05) is 47.9 Å². The van der Waals surface area contributed by atoms with Crippen molar-refractivity contribution in [3.63, 3.8) is 0 Å². The van der Waals surface area contributed by atoms with Gasteiger partial charge in [0.1, 0.15) is 12.6 Å². The van der Waals surface area contributed by atoms with Gasteiger partial charge in [-0.05, 0) is 37.3 Å². The van der Waals surface area contributed by atoms with Crippen LogP contribution >= 0.6 is 11.6 Å². The first-order chi connectivity index (χ1) is 13.4. The van der Waals surface area contributed by atoms with Crippen molar-refractivity contribution in [2.45, 2.75) is 38.8 Å². The Balaban J connectivity index is 1.65. The number of anilines is 1. The average Bonchev–Trinajstić information content (AvgIpc) is 2.61. The van der Waals surface area contributed by atoms with Crippen LogP contribution in [0.4, 0.5) is 10.2 Å². The van der Waals surface area contributed by atoms with Crippen LogP contribution in [0.2, 0.25) is 5.02 Å². The summed E-state index contributed by atoms with van der Waals surface area (Å²) >= 11 is 5.78. The average molecular weight is 402 g/mol. The number of amides is 2. The number of hydrogen-bond acceptors (Lipinski definition) is 3. The van der Waals surface area contributed by atoms with Crippen LogP contribution in [-0.4, -0.2) is 34.3 Å². The number of halogens is 2. The molecule has 5 nitrogen and oxygen atoms in total. The number of carbonyl (C=O) groups is 2. The SMILES string of the molecule is Cc1ccc(CN2C(=O)CN(c3ncc(Cl)cc3F)C(=O)[C@H]2C2CCC2)cc1. The maximum absolute atomic E-state index is 14.4. The molecular weight excluding hydrogens is 381 g/mol. The van der Waals surface area contributed by atoms with E-state index in [9.17, 15) is 14.0 Å². The van der Waals surface area contributed by atoms with E-state index in [4.69, 9.17) is 11.6 Å². The number of pyridine rings is 1. The van der Waals surface area contributed by atoms with Gasteiger partial charge in [-0.25, -0.2) is 9.37 Å². The molecule has 2 aliphatic rings. The van der Waals surface area contributed by atoms with Crippen LogP contribution in [0.1, 0.15) is 30.4 Å². The molecule has 0 bridgehead atoms. The van der Waals surface area contributed by atoms with Gasteiger partial charge in [-0.2, -0.15) is 0 Å². The maximum atomic E-state index is 14.4. The molecule has 0 N–H and O–H groups in total. The molecule has 146 valence electrons. The Hall–Kier alpha value is -2.47. The summed E-state index contributed by atoms with van der Waals surface area (Å²) in [6, 6.07) is 8.44. The monoisotopic (exact) mass is 401 g/mol. The molecule has 0 spiro atoms. The van der Waals surface area contributed by atoms with Crippen molar-refractivity contribution in [2.24, 2.45) is 5.92 Å². The Morgan fingerprint density at radius 3 is 2.54 bits per heavy atom. The summed E-state index contributed by atoms with van der Waals surface area (Å²) in [7, 11) is 0. The van der Waals surface area contributed by atoms with E-state index in [-0.39, 0.29) is 35.1 Å². The molecule has 2 aromatic rings. The summed E-state index contributed by atoms with van der Waals surface area (Å²) in [5, 5.41) is 0.147. The topological polar surface area (TPSA) is 53.5 Å². The van der Waals surface area contributed by atoms with Crippen LogP contribution < -0.4 is 4.90 Å². The van der Waals surface area contributed by atoms with Crippen molar-refractivity contribution in [2.75, 3.05) is 11.4 Å². The zero-order valence-corrected chi connectivity index (χ0v) is 16.3. The van der Waals surface area contributed by atoms with Gasteiger partial charge in [-0.15, -0.1) is 0 Å². The molecule has 2 fully saturated rings. The van der Waals surface area contributed by atoms with Gasteiger partial charge in [0.15, 0.2) is 11.6 Å². The minimum Gasteiger partial charge on any atom is -0.324 e. The molecule has 0 unspecified atom stereocenters. The first-order valence-electron chi connectivity index (χ1n) is 9.41. The molecule has 1 saturated carbocycles. The van der Waals surface area contributed by atoms with Crippen LogP contribution in [0, 0.1) is 18.7 Å². The second-order valence-corrected chi connectivity index (χ2v) is 7.96. The van der Waals surface area contributed by atoms with E-state index in [1.165, 1.54) is 11.1 Å². The van der Waals surface area contributed by atoms with Crippen molar-refractivity contribution in [1.82, 2.24) is 9.88 Å². The largest absolute Gasteiger partial charge is 0.324 e. The number of piperazine rings is 1. The molecular formula is C21H21ClFN3O2. The van der Waals surface area contributed by atoms with Gasteiger partial charge in [0, 0.05) is 12.7 Å². The van der Waals surface area contributed by atoms with Crippen molar-refractivity contribution in [3.05, 3.63) is 58.5 Å². The highest BCUT2D eigenvalue weighted by Gasteiger charge is 2.46. The lowest BCUT2D eigenvalue weighted by Crippen LogP contribution is -2.63. The van der Waals surface area contributed by atoms with Crippen LogP contribution in [-0.2, 0) is 16.1 Å². The molecule has 1 saturated heterocycles. The Kier molecular flexibility index (Phi) is 5.06. The summed E-state index contributed by atoms with van der Waals surface area (Å²) < 4.78 is 14.4. The maximum Gasteiger partial charge on any atom is 0.251 e. The highest BCUT2D eigenvalue weighted by atomic mass is 35.5. The van der Waals surface area contributed by atoms with E-state index in [0.717, 1.165) is 36.5 Å². The number of hydrogen-bond donors (Lipinski definition) is 0. The number of nitrogens with zero attached hydrogens (tertiary/aromatic N) is 3. The summed E-state index contributed by atoms with van der Waals surface area (Å²) in [5.41, 5.74) is 2.11. The van der Waals surface area contributed by atoms with E-state index in [2.05, 4.69) is 4.98 Å². The van der Waals surface area contributed by atoms with Gasteiger partial charge in [0.05, 0.1) is 5.02 Å². The molecule has 1 aliphatic heterocycles. The molecule has 1 aliphatic carbocycles. The highest BCUT2D eigenvalue weighted by molar-refractivity contribution is 6.30. The third-order valence-electron chi connectivity index (χ3n) is 5.58. The van der Waals surface area contributed by atoms with E-state index in [1.807, 2.05) is 31.2 Å². The predicted molar refractivity (Wildman–Crippen MR) is 104 cm³/mol. The second kappa shape index (κ2) is 7.51. The summed E-state index contributed by atoms with van der Waals surface area (Å²) in [5.74, 6) is -1.21. The Labute approximate surface area is 168 Å². The van der Waals surface area contributed by atoms with E-state index >= 15 is 0 Å². The molecule has 1 atom stereocenters. The number of aromatic nitrogens is 1. The molecule has 7 heteroatoms. The minimum absolute atomic E-state index is 0.0973. The molecule has 2 amide bonds. The zero-order valence-electron chi connectivity index (χ0n) is 15.6. The molecule has 0 radical (unpaired) electrons. The Morgan fingerprint density at radius 2 is 1.93 bits per heavy atom. The summed E-state index contributed by atoms with van der Waals surface area (Å²) in [6.45, 7) is 2.15. The van der Waals surface area contributed by atoms with Crippen LogP contribution in [0.15, 0.2) is 36.5 Å². The van der Waals surface area contributed by atoms with Gasteiger partial charge in [0.2, 0.25) is 5.91 Å². The van der Waals surface area contributed by atoms with Crippen molar-refractivity contribution in [1.29, 1.82) is 0 Å². The van der Waals surface area contributed by atoms with Gasteiger partial charge in [-0.3, -0.25) is 14.5 Å². The molecule has 1 aromatic carbocycles. The fraction of sp³-hybridized carbons (Fsp3) is 0.381. The Bertz CT molecular complexity index is 914. The van der Waals surface area contributed by atoms with Gasteiger partial charge < -0.3 is 4.90 Å². The lowest BCUT2D eigenvalue weighted by molar-refractivity contribution is -0.147. The Morgan fingerprint density at radius 1 is 1.21 bits per heavy atom. The molecule has 2 heterocycles. The quantitative estimate of drug-likeness (QED) is 0.784. The van der Waals surface area contributed by atoms with Crippen LogP contribution in [0.3, 0.4) is 0 Å². The second-order valence-electron chi connectivity index (χ2n) is 7.53. The minimum atomic E-state index is -0.701. The normalized spacial score (nSPS) is 20.5. The third kappa shape index (κ3) is 3.49. The smallest absolute Gasteiger partial charge is 0.251 e. The number of aryl methyl sites for hydroxylation is 1. The summed E-state index contributed by atoms with van der Waals surface area (Å²) in [4.78, 5) is 33.1. The fourth-order valence-electron chi connectivity index (χ4n) is 3.83. The number of carbonyl (C=O) groups excluding carboxylic acids is 2. The number of benzene rings is 1. The zero-order chi connectivity index (χ0) is 19.8. The lowest BCUT2D eigenvalue weighted by Gasteiger charge is -2.45. The van der Waals surface area contributed by atoms with E-state index in [1.54, 1.807) is 4.90 Å². The molecule has 1 aromatic heterocycles. The highest BCUT2D eigenvalue weighted by Crippen LogP contribution is 2.36. The standard InChI is InChI=1S/C21H21ClFN3O2/c1-13-5-7-14(8-6-13)11-25-18(27)12-26(20-17(23)9-16(22)10-24-20)21(28)19(25)15-3-2-4-15/h5-10,15,19H,2-4,11-12H2,1H3/t19-/m1/s1. The van der Waals surface area contributed by atoms with Crippen LogP contribution in [0.5, 0.6) is 0 Å². The first kappa shape index (κ1) is 18.9. The first-order valence-corrected chi connectivity index (χ1v) is 9.79. The van der Waals surface area contributed by atoms with E-state index < -0.39 is 11.9 Å².